The number of amides is 1. The van der Waals surface area contributed by atoms with Crippen LogP contribution >= 0.6 is 0 Å². The van der Waals surface area contributed by atoms with Gasteiger partial charge in [0.05, 0.1) is 12.1 Å². The van der Waals surface area contributed by atoms with Crippen LogP contribution in [0.25, 0.3) is 10.8 Å². The number of carbonyl (C=O) groups excluding carboxylic acids is 1. The smallest absolute Gasteiger partial charge is 0.238 e. The highest BCUT2D eigenvalue weighted by Crippen LogP contribution is 2.22. The third-order valence-corrected chi connectivity index (χ3v) is 5.07. The van der Waals surface area contributed by atoms with Gasteiger partial charge >= 0.3 is 0 Å². The van der Waals surface area contributed by atoms with E-state index < -0.39 is 0 Å². The SMILES string of the molecule is CC(C)[C@@H](C(=O)N[C@H](C)c1ccc2ccccc2c1)N1CCCC1. The van der Waals surface area contributed by atoms with Gasteiger partial charge in [0.15, 0.2) is 0 Å². The second-order valence-electron chi connectivity index (χ2n) is 7.27. The lowest BCUT2D eigenvalue weighted by Gasteiger charge is -2.31. The normalized spacial score (nSPS) is 18.0. The van der Waals surface area contributed by atoms with Crippen molar-refractivity contribution in [1.29, 1.82) is 0 Å². The van der Waals surface area contributed by atoms with Crippen LogP contribution in [0.1, 0.15) is 45.2 Å². The summed E-state index contributed by atoms with van der Waals surface area (Å²) in [5.74, 6) is 0.486. The molecular weight excluding hydrogens is 296 g/mol. The van der Waals surface area contributed by atoms with Crippen molar-refractivity contribution in [2.45, 2.75) is 45.7 Å². The molecule has 0 aliphatic carbocycles. The molecule has 1 amide bonds. The fourth-order valence-electron chi connectivity index (χ4n) is 3.77. The molecule has 24 heavy (non-hydrogen) atoms. The molecule has 128 valence electrons. The summed E-state index contributed by atoms with van der Waals surface area (Å²) >= 11 is 0. The minimum Gasteiger partial charge on any atom is -0.348 e. The molecular formula is C21H28N2O. The number of carbonyl (C=O) groups is 1. The van der Waals surface area contributed by atoms with Crippen LogP contribution in [0.2, 0.25) is 0 Å². The zero-order valence-electron chi connectivity index (χ0n) is 15.0. The van der Waals surface area contributed by atoms with Crippen LogP contribution in [-0.2, 0) is 4.79 Å². The van der Waals surface area contributed by atoms with Crippen LogP contribution in [0.4, 0.5) is 0 Å². The topological polar surface area (TPSA) is 32.3 Å². The number of nitrogens with one attached hydrogen (secondary N) is 1. The molecule has 3 rings (SSSR count). The van der Waals surface area contributed by atoms with E-state index in [0.717, 1.165) is 18.7 Å². The summed E-state index contributed by atoms with van der Waals surface area (Å²) < 4.78 is 0. The summed E-state index contributed by atoms with van der Waals surface area (Å²) in [6.45, 7) is 8.44. The van der Waals surface area contributed by atoms with Gasteiger partial charge in [-0.3, -0.25) is 9.69 Å². The third-order valence-electron chi connectivity index (χ3n) is 5.07. The molecule has 1 fully saturated rings. The zero-order valence-corrected chi connectivity index (χ0v) is 15.0. The van der Waals surface area contributed by atoms with Crippen molar-refractivity contribution in [3.63, 3.8) is 0 Å². The summed E-state index contributed by atoms with van der Waals surface area (Å²) in [6.07, 6.45) is 2.41. The van der Waals surface area contributed by atoms with Gasteiger partial charge in [-0.25, -0.2) is 0 Å². The molecule has 1 N–H and O–H groups in total. The van der Waals surface area contributed by atoms with Crippen LogP contribution < -0.4 is 5.32 Å². The van der Waals surface area contributed by atoms with Gasteiger partial charge in [-0.05, 0) is 61.2 Å². The van der Waals surface area contributed by atoms with E-state index in [1.807, 2.05) is 0 Å². The van der Waals surface area contributed by atoms with E-state index in [4.69, 9.17) is 0 Å². The van der Waals surface area contributed by atoms with Crippen molar-refractivity contribution in [3.8, 4) is 0 Å². The number of hydrogen-bond acceptors (Lipinski definition) is 2. The average molecular weight is 324 g/mol. The maximum atomic E-state index is 12.9. The average Bonchev–Trinajstić information content (AvgIpc) is 3.08. The molecule has 2 atom stereocenters. The molecule has 0 aromatic heterocycles. The first-order chi connectivity index (χ1) is 11.6. The monoisotopic (exact) mass is 324 g/mol. The summed E-state index contributed by atoms with van der Waals surface area (Å²) in [6, 6.07) is 14.8. The van der Waals surface area contributed by atoms with E-state index in [9.17, 15) is 4.79 Å². The highest BCUT2D eigenvalue weighted by atomic mass is 16.2. The Balaban J connectivity index is 1.73. The van der Waals surface area contributed by atoms with Gasteiger partial charge < -0.3 is 5.32 Å². The maximum absolute atomic E-state index is 12.9. The van der Waals surface area contributed by atoms with Crippen molar-refractivity contribution in [2.24, 2.45) is 5.92 Å². The van der Waals surface area contributed by atoms with Crippen LogP contribution in [-0.4, -0.2) is 29.9 Å². The predicted octanol–water partition coefficient (Wildman–Crippen LogP) is 4.14. The number of likely N-dealkylation sites (tertiary alicyclic amines) is 1. The first-order valence-electron chi connectivity index (χ1n) is 9.09. The Bertz CT molecular complexity index is 704. The fraction of sp³-hybridized carbons (Fsp3) is 0.476. The lowest BCUT2D eigenvalue weighted by Crippen LogP contribution is -2.49. The summed E-state index contributed by atoms with van der Waals surface area (Å²) in [7, 11) is 0. The molecule has 0 radical (unpaired) electrons. The van der Waals surface area contributed by atoms with Gasteiger partial charge in [0, 0.05) is 0 Å². The number of rotatable bonds is 5. The molecule has 0 unspecified atom stereocenters. The second-order valence-corrected chi connectivity index (χ2v) is 7.27. The van der Waals surface area contributed by atoms with Crippen LogP contribution in [0.5, 0.6) is 0 Å². The van der Waals surface area contributed by atoms with Crippen molar-refractivity contribution >= 4 is 16.7 Å². The van der Waals surface area contributed by atoms with Gasteiger partial charge in [-0.15, -0.1) is 0 Å². The Hall–Kier alpha value is -1.87. The first kappa shape index (κ1) is 17.0. The van der Waals surface area contributed by atoms with Crippen molar-refractivity contribution in [1.82, 2.24) is 10.2 Å². The molecule has 3 nitrogen and oxygen atoms in total. The molecule has 3 heteroatoms. The molecule has 2 aromatic carbocycles. The number of hydrogen-bond donors (Lipinski definition) is 1. The summed E-state index contributed by atoms with van der Waals surface area (Å²) in [5.41, 5.74) is 1.16. The second kappa shape index (κ2) is 7.35. The molecule has 0 bridgehead atoms. The highest BCUT2D eigenvalue weighted by molar-refractivity contribution is 5.84. The van der Waals surface area contributed by atoms with Gasteiger partial charge in [-0.2, -0.15) is 0 Å². The van der Waals surface area contributed by atoms with Gasteiger partial charge in [0.2, 0.25) is 5.91 Å². The molecule has 1 aliphatic heterocycles. The van der Waals surface area contributed by atoms with Crippen LogP contribution in [0.15, 0.2) is 42.5 Å². The summed E-state index contributed by atoms with van der Waals surface area (Å²) in [4.78, 5) is 15.2. The first-order valence-corrected chi connectivity index (χ1v) is 9.09. The van der Waals surface area contributed by atoms with Crippen molar-refractivity contribution in [2.75, 3.05) is 13.1 Å². The lowest BCUT2D eigenvalue weighted by atomic mass is 9.99. The van der Waals surface area contributed by atoms with E-state index in [1.165, 1.54) is 23.6 Å². The van der Waals surface area contributed by atoms with Crippen molar-refractivity contribution < 1.29 is 4.79 Å². The quantitative estimate of drug-likeness (QED) is 0.896. The van der Waals surface area contributed by atoms with E-state index in [1.54, 1.807) is 0 Å². The van der Waals surface area contributed by atoms with E-state index in [2.05, 4.69) is 73.5 Å². The molecule has 1 heterocycles. The molecule has 0 saturated carbocycles. The van der Waals surface area contributed by atoms with Crippen molar-refractivity contribution in [3.05, 3.63) is 48.0 Å². The fourth-order valence-corrected chi connectivity index (χ4v) is 3.77. The predicted molar refractivity (Wildman–Crippen MR) is 99.9 cm³/mol. The lowest BCUT2D eigenvalue weighted by molar-refractivity contribution is -0.128. The zero-order chi connectivity index (χ0) is 17.1. The maximum Gasteiger partial charge on any atom is 0.238 e. The van der Waals surface area contributed by atoms with E-state index in [-0.39, 0.29) is 18.0 Å². The largest absolute Gasteiger partial charge is 0.348 e. The Kier molecular flexibility index (Phi) is 5.20. The third kappa shape index (κ3) is 3.62. The number of benzene rings is 2. The molecule has 2 aromatic rings. The molecule has 1 saturated heterocycles. The summed E-state index contributed by atoms with van der Waals surface area (Å²) in [5, 5.41) is 5.69. The van der Waals surface area contributed by atoms with Gasteiger partial charge in [-0.1, -0.05) is 50.2 Å². The minimum absolute atomic E-state index is 0.0181. The molecule has 1 aliphatic rings. The number of fused-ring (bicyclic) bond motifs is 1. The standard InChI is InChI=1S/C21H28N2O/c1-15(2)20(23-12-6-7-13-23)21(24)22-16(3)18-11-10-17-8-4-5-9-19(17)14-18/h4-5,8-11,14-16,20H,6-7,12-13H2,1-3H3,(H,22,24)/t16-,20+/m1/s1. The Morgan fingerprint density at radius 1 is 1.00 bits per heavy atom. The van der Waals surface area contributed by atoms with Crippen LogP contribution in [0, 0.1) is 5.92 Å². The van der Waals surface area contributed by atoms with Gasteiger partial charge in [0.1, 0.15) is 0 Å². The number of nitrogens with zero attached hydrogens (tertiary/aromatic N) is 1. The molecule has 0 spiro atoms. The highest BCUT2D eigenvalue weighted by Gasteiger charge is 2.31. The Morgan fingerprint density at radius 2 is 1.67 bits per heavy atom. The Morgan fingerprint density at radius 3 is 2.33 bits per heavy atom. The van der Waals surface area contributed by atoms with Crippen LogP contribution in [0.3, 0.4) is 0 Å². The Labute approximate surface area is 145 Å². The minimum atomic E-state index is -0.0181. The van der Waals surface area contributed by atoms with Gasteiger partial charge in [0.25, 0.3) is 0 Å². The van der Waals surface area contributed by atoms with E-state index >= 15 is 0 Å². The van der Waals surface area contributed by atoms with E-state index in [0.29, 0.717) is 5.92 Å².